The maximum atomic E-state index is 12.4. The molecule has 0 atom stereocenters. The fraction of sp³-hybridized carbons (Fsp3) is 0.286. The van der Waals surface area contributed by atoms with Crippen LogP contribution in [0.4, 0.5) is 5.69 Å². The van der Waals surface area contributed by atoms with Gasteiger partial charge in [-0.15, -0.1) is 0 Å². The number of ketones is 1. The van der Waals surface area contributed by atoms with Crippen molar-refractivity contribution in [2.45, 2.75) is 31.1 Å². The van der Waals surface area contributed by atoms with Gasteiger partial charge in [-0.3, -0.25) is 9.59 Å². The van der Waals surface area contributed by atoms with Gasteiger partial charge in [-0.25, -0.2) is 17.9 Å². The van der Waals surface area contributed by atoms with Crippen LogP contribution in [-0.2, 0) is 26.0 Å². The Morgan fingerprint density at radius 1 is 1.10 bits per heavy atom. The predicted molar refractivity (Wildman–Crippen MR) is 110 cm³/mol. The molecule has 0 bridgehead atoms. The highest BCUT2D eigenvalue weighted by Gasteiger charge is 2.19. The summed E-state index contributed by atoms with van der Waals surface area (Å²) in [5.41, 5.74) is 1.94. The molecule has 0 saturated carbocycles. The number of aryl methyl sites for hydroxylation is 1. The van der Waals surface area contributed by atoms with Gasteiger partial charge in [0.05, 0.1) is 10.5 Å². The molecule has 1 heterocycles. The number of benzene rings is 2. The van der Waals surface area contributed by atoms with Crippen LogP contribution in [0.1, 0.15) is 46.0 Å². The molecular weight excluding hydrogens is 408 g/mol. The van der Waals surface area contributed by atoms with E-state index in [1.807, 2.05) is 6.92 Å². The number of ether oxygens (including phenoxy) is 1. The Bertz CT molecular complexity index is 1090. The van der Waals surface area contributed by atoms with Crippen LogP contribution in [0, 0.1) is 0 Å². The van der Waals surface area contributed by atoms with Crippen LogP contribution in [0.25, 0.3) is 0 Å². The fourth-order valence-electron chi connectivity index (χ4n) is 2.96. The number of sulfonamides is 1. The van der Waals surface area contributed by atoms with Crippen molar-refractivity contribution in [3.8, 4) is 0 Å². The number of carbonyl (C=O) groups is 3. The normalized spacial score (nSPS) is 13.3. The van der Waals surface area contributed by atoms with Crippen molar-refractivity contribution in [2.75, 3.05) is 18.5 Å². The number of hydrogen-bond acceptors (Lipinski definition) is 6. The van der Waals surface area contributed by atoms with E-state index in [1.165, 1.54) is 24.3 Å². The quantitative estimate of drug-likeness (QED) is 0.490. The van der Waals surface area contributed by atoms with Crippen molar-refractivity contribution in [1.82, 2.24) is 4.72 Å². The topological polar surface area (TPSA) is 119 Å². The first-order chi connectivity index (χ1) is 14.3. The van der Waals surface area contributed by atoms with E-state index in [2.05, 4.69) is 10.0 Å². The predicted octanol–water partition coefficient (Wildman–Crippen LogP) is 2.30. The molecule has 0 spiro atoms. The van der Waals surface area contributed by atoms with E-state index in [0.29, 0.717) is 30.5 Å². The van der Waals surface area contributed by atoms with E-state index in [9.17, 15) is 22.8 Å². The number of Topliss-reactive ketones (excluding diaryl/α,β-unsaturated/α-hetero) is 1. The Morgan fingerprint density at radius 2 is 1.90 bits per heavy atom. The Morgan fingerprint density at radius 3 is 2.67 bits per heavy atom. The van der Waals surface area contributed by atoms with Gasteiger partial charge < -0.3 is 10.1 Å². The van der Waals surface area contributed by atoms with Crippen LogP contribution in [0.2, 0.25) is 0 Å². The average molecular weight is 430 g/mol. The first-order valence-electron chi connectivity index (χ1n) is 9.53. The molecule has 3 rings (SSSR count). The highest BCUT2D eigenvalue weighted by atomic mass is 32.2. The number of fused-ring (bicyclic) bond motifs is 1. The minimum Gasteiger partial charge on any atom is -0.454 e. The number of esters is 1. The standard InChI is InChI=1S/C21H22N2O6S/c1-2-10-22-30(27,28)17-5-3-4-16(12-17)21(26)29-13-19(24)15-6-8-18-14(11-15)7-9-20(25)23-18/h3-6,8,11-12,22H,2,7,9-10,13H2,1H3,(H,23,25). The van der Waals surface area contributed by atoms with Gasteiger partial charge in [0.2, 0.25) is 15.9 Å². The lowest BCUT2D eigenvalue weighted by Crippen LogP contribution is -2.24. The van der Waals surface area contributed by atoms with Crippen LogP contribution in [0.15, 0.2) is 47.4 Å². The number of rotatable bonds is 8. The summed E-state index contributed by atoms with van der Waals surface area (Å²) in [4.78, 5) is 36.1. The van der Waals surface area contributed by atoms with Crippen molar-refractivity contribution >= 4 is 33.4 Å². The van der Waals surface area contributed by atoms with Gasteiger partial charge in [0.25, 0.3) is 0 Å². The van der Waals surface area contributed by atoms with E-state index < -0.39 is 28.4 Å². The van der Waals surface area contributed by atoms with E-state index in [0.717, 1.165) is 5.56 Å². The van der Waals surface area contributed by atoms with Crippen LogP contribution in [0.5, 0.6) is 0 Å². The minimum absolute atomic E-state index is 0.0373. The number of hydrogen-bond donors (Lipinski definition) is 2. The van der Waals surface area contributed by atoms with Crippen molar-refractivity contribution in [2.24, 2.45) is 0 Å². The molecule has 2 aromatic rings. The number of anilines is 1. The van der Waals surface area contributed by atoms with Gasteiger partial charge in [0, 0.05) is 24.2 Å². The molecular formula is C21H22N2O6S. The second kappa shape index (κ2) is 9.19. The van der Waals surface area contributed by atoms with Crippen LogP contribution in [0.3, 0.4) is 0 Å². The number of nitrogens with one attached hydrogen (secondary N) is 2. The van der Waals surface area contributed by atoms with Crippen molar-refractivity contribution in [1.29, 1.82) is 0 Å². The van der Waals surface area contributed by atoms with Gasteiger partial charge >= 0.3 is 5.97 Å². The number of amides is 1. The first kappa shape index (κ1) is 21.7. The van der Waals surface area contributed by atoms with Gasteiger partial charge in [-0.05, 0) is 54.8 Å². The molecule has 9 heteroatoms. The Hall–Kier alpha value is -3.04. The summed E-state index contributed by atoms with van der Waals surface area (Å²) in [6.45, 7) is 1.65. The van der Waals surface area contributed by atoms with Gasteiger partial charge in [0.15, 0.2) is 12.4 Å². The third-order valence-corrected chi connectivity index (χ3v) is 6.04. The Balaban J connectivity index is 1.65. The molecule has 2 N–H and O–H groups in total. The molecule has 2 aromatic carbocycles. The highest BCUT2D eigenvalue weighted by molar-refractivity contribution is 7.89. The van der Waals surface area contributed by atoms with E-state index in [1.54, 1.807) is 18.2 Å². The lowest BCUT2D eigenvalue weighted by molar-refractivity contribution is -0.116. The molecule has 1 aliphatic rings. The molecule has 0 aromatic heterocycles. The number of carbonyl (C=O) groups excluding carboxylic acids is 3. The Kier molecular flexibility index (Phi) is 6.63. The van der Waals surface area contributed by atoms with Crippen LogP contribution in [-0.4, -0.2) is 39.2 Å². The summed E-state index contributed by atoms with van der Waals surface area (Å²) < 4.78 is 31.9. The first-order valence-corrected chi connectivity index (χ1v) is 11.0. The minimum atomic E-state index is -3.72. The zero-order valence-corrected chi connectivity index (χ0v) is 17.3. The largest absolute Gasteiger partial charge is 0.454 e. The van der Waals surface area contributed by atoms with Crippen LogP contribution < -0.4 is 10.0 Å². The third kappa shape index (κ3) is 5.11. The van der Waals surface area contributed by atoms with Gasteiger partial charge in [-0.2, -0.15) is 0 Å². The smallest absolute Gasteiger partial charge is 0.338 e. The molecule has 1 aliphatic heterocycles. The maximum absolute atomic E-state index is 12.4. The summed E-state index contributed by atoms with van der Waals surface area (Å²) in [6, 6.07) is 10.4. The van der Waals surface area contributed by atoms with Crippen molar-refractivity contribution in [3.63, 3.8) is 0 Å². The van der Waals surface area contributed by atoms with Crippen molar-refractivity contribution in [3.05, 3.63) is 59.2 Å². The summed E-state index contributed by atoms with van der Waals surface area (Å²) >= 11 is 0. The van der Waals surface area contributed by atoms with Gasteiger partial charge in [0.1, 0.15) is 0 Å². The maximum Gasteiger partial charge on any atom is 0.338 e. The monoisotopic (exact) mass is 430 g/mol. The molecule has 8 nitrogen and oxygen atoms in total. The summed E-state index contributed by atoms with van der Waals surface area (Å²) in [5.74, 6) is -1.25. The molecule has 30 heavy (non-hydrogen) atoms. The van der Waals surface area contributed by atoms with Crippen molar-refractivity contribution < 1.29 is 27.5 Å². The zero-order valence-electron chi connectivity index (χ0n) is 16.4. The average Bonchev–Trinajstić information content (AvgIpc) is 2.75. The van der Waals surface area contributed by atoms with E-state index >= 15 is 0 Å². The van der Waals surface area contributed by atoms with E-state index in [-0.39, 0.29) is 22.9 Å². The van der Waals surface area contributed by atoms with Crippen LogP contribution >= 0.6 is 0 Å². The Labute approximate surface area is 174 Å². The lowest BCUT2D eigenvalue weighted by atomic mass is 9.99. The molecule has 0 aliphatic carbocycles. The molecule has 0 unspecified atom stereocenters. The zero-order chi connectivity index (χ0) is 21.7. The lowest BCUT2D eigenvalue weighted by Gasteiger charge is -2.17. The highest BCUT2D eigenvalue weighted by Crippen LogP contribution is 2.24. The summed E-state index contributed by atoms with van der Waals surface area (Å²) in [5, 5.41) is 2.74. The summed E-state index contributed by atoms with van der Waals surface area (Å²) in [6.07, 6.45) is 1.53. The second-order valence-corrected chi connectivity index (χ2v) is 8.61. The fourth-order valence-corrected chi connectivity index (χ4v) is 4.14. The SMILES string of the molecule is CCCNS(=O)(=O)c1cccc(C(=O)OCC(=O)c2ccc3c(c2)CCC(=O)N3)c1. The summed E-state index contributed by atoms with van der Waals surface area (Å²) in [7, 11) is -3.72. The third-order valence-electron chi connectivity index (χ3n) is 4.58. The molecule has 0 radical (unpaired) electrons. The van der Waals surface area contributed by atoms with Gasteiger partial charge in [-0.1, -0.05) is 13.0 Å². The second-order valence-electron chi connectivity index (χ2n) is 6.85. The van der Waals surface area contributed by atoms with E-state index in [4.69, 9.17) is 4.74 Å². The molecule has 0 fully saturated rings. The molecule has 158 valence electrons. The molecule has 1 amide bonds. The molecule has 0 saturated heterocycles.